The number of imide groups is 1. The van der Waals surface area contributed by atoms with Gasteiger partial charge in [0.25, 0.3) is 5.24 Å². The molecule has 1 aliphatic heterocycles. The zero-order valence-electron chi connectivity index (χ0n) is 16.5. The van der Waals surface area contributed by atoms with Crippen LogP contribution in [0.2, 0.25) is 0 Å². The number of benzene rings is 1. The molecule has 1 aromatic rings. The second kappa shape index (κ2) is 9.80. The number of sulfone groups is 1. The van der Waals surface area contributed by atoms with E-state index in [0.717, 1.165) is 29.7 Å². The van der Waals surface area contributed by atoms with E-state index in [1.165, 1.54) is 12.8 Å². The second-order valence-electron chi connectivity index (χ2n) is 7.72. The zero-order valence-corrected chi connectivity index (χ0v) is 18.1. The molecule has 0 radical (unpaired) electrons. The third kappa shape index (κ3) is 7.19. The van der Waals surface area contributed by atoms with Crippen LogP contribution in [0.4, 0.5) is 4.79 Å². The number of ether oxygens (including phenoxy) is 1. The molecule has 2 atom stereocenters. The number of rotatable bonds is 11. The summed E-state index contributed by atoms with van der Waals surface area (Å²) in [6.45, 7) is 2.65. The Morgan fingerprint density at radius 1 is 1.28 bits per heavy atom. The van der Waals surface area contributed by atoms with Crippen molar-refractivity contribution in [3.05, 3.63) is 42.0 Å². The van der Waals surface area contributed by atoms with Crippen LogP contribution in [0.1, 0.15) is 44.1 Å². The predicted octanol–water partition coefficient (Wildman–Crippen LogP) is 3.68. The largest absolute Gasteiger partial charge is 0.493 e. The van der Waals surface area contributed by atoms with Crippen LogP contribution < -0.4 is 10.1 Å². The van der Waals surface area contributed by atoms with E-state index >= 15 is 0 Å². The number of hydrogen-bond acceptors (Lipinski definition) is 6. The lowest BCUT2D eigenvalue weighted by atomic mass is 10.0. The molecule has 2 aliphatic rings. The Balaban J connectivity index is 1.43. The monoisotopic (exact) mass is 437 g/mol. The summed E-state index contributed by atoms with van der Waals surface area (Å²) in [6.07, 6.45) is 6.82. The molecule has 0 bridgehead atoms. The minimum atomic E-state index is -3.21. The summed E-state index contributed by atoms with van der Waals surface area (Å²) in [5.74, 6) is 1.23. The van der Waals surface area contributed by atoms with Gasteiger partial charge in [0.1, 0.15) is 5.75 Å². The Morgan fingerprint density at radius 3 is 2.76 bits per heavy atom. The molecule has 3 rings (SSSR count). The van der Waals surface area contributed by atoms with Crippen molar-refractivity contribution in [2.24, 2.45) is 5.92 Å². The number of thioether (sulfide) groups is 1. The number of hydrogen-bond donors (Lipinski definition) is 1. The fourth-order valence-corrected chi connectivity index (χ4v) is 5.51. The van der Waals surface area contributed by atoms with Crippen LogP contribution in [0.25, 0.3) is 0 Å². The molecule has 1 saturated carbocycles. The van der Waals surface area contributed by atoms with E-state index in [1.54, 1.807) is 12.2 Å². The van der Waals surface area contributed by atoms with Crippen molar-refractivity contribution in [2.45, 2.75) is 43.8 Å². The van der Waals surface area contributed by atoms with Crippen molar-refractivity contribution in [1.29, 1.82) is 0 Å². The topological polar surface area (TPSA) is 89.5 Å². The maximum Gasteiger partial charge on any atom is 0.286 e. The lowest BCUT2D eigenvalue weighted by molar-refractivity contribution is -0.118. The average Bonchev–Trinajstić information content (AvgIpc) is 3.44. The van der Waals surface area contributed by atoms with E-state index in [0.29, 0.717) is 18.8 Å². The van der Waals surface area contributed by atoms with Crippen LogP contribution in [0.3, 0.4) is 0 Å². The summed E-state index contributed by atoms with van der Waals surface area (Å²) in [4.78, 5) is 22.6. The maximum atomic E-state index is 12.5. The van der Waals surface area contributed by atoms with Gasteiger partial charge in [0, 0.05) is 0 Å². The van der Waals surface area contributed by atoms with Gasteiger partial charge in [-0.05, 0) is 55.2 Å². The average molecular weight is 438 g/mol. The van der Waals surface area contributed by atoms with Crippen molar-refractivity contribution >= 4 is 32.7 Å². The van der Waals surface area contributed by atoms with Gasteiger partial charge in [-0.2, -0.15) is 0 Å². The molecule has 1 heterocycles. The van der Waals surface area contributed by atoms with Gasteiger partial charge < -0.3 is 4.74 Å². The molecule has 0 spiro atoms. The SMILES string of the molecule is C[C@@H](CS(=O)(=O)CC/C=C/CC1SC(=O)NC1=O)c1cccc(OCC2CC2)c1. The van der Waals surface area contributed by atoms with Crippen molar-refractivity contribution in [3.8, 4) is 5.75 Å². The van der Waals surface area contributed by atoms with Crippen molar-refractivity contribution < 1.29 is 22.7 Å². The molecule has 2 fully saturated rings. The lowest BCUT2D eigenvalue weighted by Gasteiger charge is -2.14. The Hall–Kier alpha value is -1.80. The standard InChI is InChI=1S/C21H27NO5S2/c1-15(17-6-5-7-18(12-17)27-13-16-9-10-16)14-29(25,26)11-4-2-3-8-19-20(23)22-21(24)28-19/h2-3,5-7,12,15-16,19H,4,8-11,13-14H2,1H3,(H,22,23,24)/b3-2+/t15-,19?/m0/s1. The summed E-state index contributed by atoms with van der Waals surface area (Å²) in [7, 11) is -3.21. The van der Waals surface area contributed by atoms with E-state index in [4.69, 9.17) is 4.74 Å². The van der Waals surface area contributed by atoms with Gasteiger partial charge in [-0.1, -0.05) is 43.0 Å². The van der Waals surface area contributed by atoms with E-state index in [2.05, 4.69) is 5.32 Å². The Bertz CT molecular complexity index is 877. The summed E-state index contributed by atoms with van der Waals surface area (Å²) >= 11 is 0.973. The number of allylic oxidation sites excluding steroid dienone is 2. The molecular weight excluding hydrogens is 410 g/mol. The number of nitrogens with one attached hydrogen (secondary N) is 1. The molecule has 6 nitrogen and oxygen atoms in total. The van der Waals surface area contributed by atoms with Crippen molar-refractivity contribution in [3.63, 3.8) is 0 Å². The molecule has 8 heteroatoms. The fraction of sp³-hybridized carbons (Fsp3) is 0.524. The highest BCUT2D eigenvalue weighted by atomic mass is 32.2. The fourth-order valence-electron chi connectivity index (χ4n) is 3.10. The lowest BCUT2D eigenvalue weighted by Crippen LogP contribution is -2.23. The van der Waals surface area contributed by atoms with Crippen molar-refractivity contribution in [1.82, 2.24) is 5.32 Å². The Morgan fingerprint density at radius 2 is 2.07 bits per heavy atom. The van der Waals surface area contributed by atoms with Gasteiger partial charge in [-0.15, -0.1) is 0 Å². The minimum absolute atomic E-state index is 0.0641. The molecule has 1 aromatic carbocycles. The van der Waals surface area contributed by atoms with Crippen LogP contribution in [-0.4, -0.2) is 42.9 Å². The number of carbonyl (C=O) groups is 2. The van der Waals surface area contributed by atoms with Gasteiger partial charge in [-0.25, -0.2) is 8.42 Å². The molecule has 158 valence electrons. The Labute approximate surface area is 176 Å². The van der Waals surface area contributed by atoms with E-state index in [9.17, 15) is 18.0 Å². The van der Waals surface area contributed by atoms with E-state index < -0.39 is 15.1 Å². The third-order valence-electron chi connectivity index (χ3n) is 4.99. The maximum absolute atomic E-state index is 12.5. The van der Waals surface area contributed by atoms with E-state index in [-0.39, 0.29) is 28.6 Å². The summed E-state index contributed by atoms with van der Waals surface area (Å²) in [5.41, 5.74) is 0.964. The van der Waals surface area contributed by atoms with Crippen LogP contribution >= 0.6 is 11.8 Å². The highest BCUT2D eigenvalue weighted by Gasteiger charge is 2.30. The van der Waals surface area contributed by atoms with Crippen LogP contribution in [0.5, 0.6) is 5.75 Å². The number of amides is 2. The molecule has 1 aliphatic carbocycles. The van der Waals surface area contributed by atoms with Gasteiger partial charge in [0.15, 0.2) is 9.84 Å². The minimum Gasteiger partial charge on any atom is -0.493 e. The highest BCUT2D eigenvalue weighted by molar-refractivity contribution is 8.15. The quantitative estimate of drug-likeness (QED) is 0.531. The molecule has 1 N–H and O–H groups in total. The molecule has 1 unspecified atom stereocenters. The first-order chi connectivity index (χ1) is 13.8. The highest BCUT2D eigenvalue weighted by Crippen LogP contribution is 2.30. The number of carbonyl (C=O) groups excluding carboxylic acids is 2. The van der Waals surface area contributed by atoms with Gasteiger partial charge in [0.05, 0.1) is 23.4 Å². The zero-order chi connectivity index (χ0) is 20.9. The van der Waals surface area contributed by atoms with Gasteiger partial charge in [-0.3, -0.25) is 14.9 Å². The van der Waals surface area contributed by atoms with Crippen LogP contribution in [0.15, 0.2) is 36.4 Å². The molecule has 2 amide bonds. The predicted molar refractivity (Wildman–Crippen MR) is 115 cm³/mol. The summed E-state index contributed by atoms with van der Waals surface area (Å²) < 4.78 is 30.7. The van der Waals surface area contributed by atoms with Crippen LogP contribution in [0, 0.1) is 5.92 Å². The first-order valence-electron chi connectivity index (χ1n) is 9.92. The molecule has 0 aromatic heterocycles. The van der Waals surface area contributed by atoms with Crippen LogP contribution in [-0.2, 0) is 14.6 Å². The first-order valence-corrected chi connectivity index (χ1v) is 12.6. The second-order valence-corrected chi connectivity index (χ2v) is 11.1. The van der Waals surface area contributed by atoms with Crippen molar-refractivity contribution in [2.75, 3.05) is 18.1 Å². The summed E-state index contributed by atoms with van der Waals surface area (Å²) in [6, 6.07) is 7.70. The molecule has 1 saturated heterocycles. The van der Waals surface area contributed by atoms with Gasteiger partial charge in [0.2, 0.25) is 5.91 Å². The first kappa shape index (κ1) is 21.9. The van der Waals surface area contributed by atoms with E-state index in [1.807, 2.05) is 31.2 Å². The molecular formula is C21H27NO5S2. The normalized spacial score (nSPS) is 20.8. The smallest absolute Gasteiger partial charge is 0.286 e. The summed E-state index contributed by atoms with van der Waals surface area (Å²) in [5, 5.41) is 1.50. The van der Waals surface area contributed by atoms with Gasteiger partial charge >= 0.3 is 0 Å². The third-order valence-corrected chi connectivity index (χ3v) is 7.87. The Kier molecular flexibility index (Phi) is 7.40. The molecule has 29 heavy (non-hydrogen) atoms.